The maximum atomic E-state index is 13.6. The Kier molecular flexibility index (Phi) is 4.93. The molecule has 1 aromatic carbocycles. The topological polar surface area (TPSA) is 69.9 Å². The van der Waals surface area contributed by atoms with Crippen molar-refractivity contribution in [2.75, 3.05) is 0 Å². The molecule has 0 radical (unpaired) electrons. The Hall–Kier alpha value is -1.92. The standard InChI is InChI=1S/C14H11ClFNO3S/c15-12-7-10(16)14(21-12)9-3-1-8(2-4-9)11(17-20)5-6-13(18)19/h1-4,7,20H,5-6H2,(H,18,19)/b17-11+. The summed E-state index contributed by atoms with van der Waals surface area (Å²) >= 11 is 6.90. The third-order valence-electron chi connectivity index (χ3n) is 2.83. The van der Waals surface area contributed by atoms with E-state index >= 15 is 0 Å². The van der Waals surface area contributed by atoms with Crippen LogP contribution in [0.1, 0.15) is 18.4 Å². The molecule has 0 bridgehead atoms. The van der Waals surface area contributed by atoms with Gasteiger partial charge in [-0.15, -0.1) is 11.3 Å². The van der Waals surface area contributed by atoms with Crippen LogP contribution in [-0.4, -0.2) is 22.0 Å². The predicted octanol–water partition coefficient (Wildman–Crippen LogP) is 4.25. The summed E-state index contributed by atoms with van der Waals surface area (Å²) in [5, 5.41) is 20.7. The Bertz CT molecular complexity index is 682. The van der Waals surface area contributed by atoms with Gasteiger partial charge < -0.3 is 10.3 Å². The molecule has 2 N–H and O–H groups in total. The first-order chi connectivity index (χ1) is 10.0. The number of carboxylic acid groups (broad SMARTS) is 1. The molecule has 0 saturated heterocycles. The maximum absolute atomic E-state index is 13.6. The number of carboxylic acids is 1. The first-order valence-electron chi connectivity index (χ1n) is 5.99. The van der Waals surface area contributed by atoms with Gasteiger partial charge in [0.15, 0.2) is 0 Å². The number of aliphatic carboxylic acids is 1. The van der Waals surface area contributed by atoms with Crippen LogP contribution in [0.25, 0.3) is 10.4 Å². The molecule has 0 fully saturated rings. The van der Waals surface area contributed by atoms with Crippen LogP contribution in [0.15, 0.2) is 35.5 Å². The number of nitrogens with zero attached hydrogens (tertiary/aromatic N) is 1. The molecule has 2 rings (SSSR count). The Morgan fingerprint density at radius 1 is 1.29 bits per heavy atom. The third kappa shape index (κ3) is 3.80. The lowest BCUT2D eigenvalue weighted by molar-refractivity contribution is -0.136. The Morgan fingerprint density at radius 3 is 2.43 bits per heavy atom. The minimum Gasteiger partial charge on any atom is -0.481 e. The molecule has 0 atom stereocenters. The van der Waals surface area contributed by atoms with E-state index in [0.29, 0.717) is 20.3 Å². The van der Waals surface area contributed by atoms with E-state index in [0.717, 1.165) is 11.3 Å². The molecule has 7 heteroatoms. The number of rotatable bonds is 5. The van der Waals surface area contributed by atoms with Crippen molar-refractivity contribution < 1.29 is 19.5 Å². The summed E-state index contributed by atoms with van der Waals surface area (Å²) in [5.74, 6) is -1.36. The number of benzene rings is 1. The monoisotopic (exact) mass is 327 g/mol. The van der Waals surface area contributed by atoms with Gasteiger partial charge >= 0.3 is 5.97 Å². The molecule has 4 nitrogen and oxygen atoms in total. The second-order valence-electron chi connectivity index (χ2n) is 4.25. The van der Waals surface area contributed by atoms with Crippen LogP contribution in [0, 0.1) is 5.82 Å². The van der Waals surface area contributed by atoms with Crippen LogP contribution in [0.4, 0.5) is 4.39 Å². The van der Waals surface area contributed by atoms with Crippen molar-refractivity contribution in [1.29, 1.82) is 0 Å². The highest BCUT2D eigenvalue weighted by Crippen LogP contribution is 2.34. The van der Waals surface area contributed by atoms with Gasteiger partial charge in [0.2, 0.25) is 0 Å². The lowest BCUT2D eigenvalue weighted by Gasteiger charge is -2.04. The summed E-state index contributed by atoms with van der Waals surface area (Å²) in [5.41, 5.74) is 1.52. The van der Waals surface area contributed by atoms with Gasteiger partial charge in [-0.3, -0.25) is 4.79 Å². The zero-order valence-corrected chi connectivity index (χ0v) is 12.3. The van der Waals surface area contributed by atoms with E-state index in [4.69, 9.17) is 21.9 Å². The molecule has 0 aliphatic rings. The van der Waals surface area contributed by atoms with E-state index < -0.39 is 5.97 Å². The first-order valence-corrected chi connectivity index (χ1v) is 7.19. The molecule has 2 aromatic rings. The van der Waals surface area contributed by atoms with Crippen LogP contribution in [-0.2, 0) is 4.79 Å². The van der Waals surface area contributed by atoms with Gasteiger partial charge in [-0.05, 0) is 11.1 Å². The highest BCUT2D eigenvalue weighted by atomic mass is 35.5. The summed E-state index contributed by atoms with van der Waals surface area (Å²) in [4.78, 5) is 11.0. The Morgan fingerprint density at radius 2 is 1.95 bits per heavy atom. The van der Waals surface area contributed by atoms with Crippen molar-refractivity contribution in [3.8, 4) is 10.4 Å². The molecule has 0 amide bonds. The minimum absolute atomic E-state index is 0.115. The van der Waals surface area contributed by atoms with E-state index in [2.05, 4.69) is 5.16 Å². The van der Waals surface area contributed by atoms with Gasteiger partial charge in [0.1, 0.15) is 5.82 Å². The lowest BCUT2D eigenvalue weighted by atomic mass is 10.0. The molecule has 0 unspecified atom stereocenters. The number of hydrogen-bond donors (Lipinski definition) is 2. The van der Waals surface area contributed by atoms with Crippen LogP contribution in [0.2, 0.25) is 4.34 Å². The molecule has 0 aliphatic carbocycles. The summed E-state index contributed by atoms with van der Waals surface area (Å²) in [6.45, 7) is 0. The largest absolute Gasteiger partial charge is 0.481 e. The van der Waals surface area contributed by atoms with Crippen molar-refractivity contribution >= 4 is 34.6 Å². The zero-order valence-electron chi connectivity index (χ0n) is 10.7. The van der Waals surface area contributed by atoms with Crippen molar-refractivity contribution in [2.24, 2.45) is 5.16 Å². The van der Waals surface area contributed by atoms with Crippen molar-refractivity contribution in [3.05, 3.63) is 46.0 Å². The van der Waals surface area contributed by atoms with Crippen molar-refractivity contribution in [2.45, 2.75) is 12.8 Å². The molecular formula is C14H11ClFNO3S. The van der Waals surface area contributed by atoms with Crippen LogP contribution < -0.4 is 0 Å². The smallest absolute Gasteiger partial charge is 0.303 e. The number of carbonyl (C=O) groups is 1. The fourth-order valence-corrected chi connectivity index (χ4v) is 2.92. The number of halogens is 2. The highest BCUT2D eigenvalue weighted by Gasteiger charge is 2.12. The average molecular weight is 328 g/mol. The minimum atomic E-state index is -0.969. The van der Waals surface area contributed by atoms with E-state index in [9.17, 15) is 9.18 Å². The van der Waals surface area contributed by atoms with Crippen LogP contribution in [0.3, 0.4) is 0 Å². The summed E-state index contributed by atoms with van der Waals surface area (Å²) < 4.78 is 14.0. The summed E-state index contributed by atoms with van der Waals surface area (Å²) in [6, 6.07) is 7.90. The van der Waals surface area contributed by atoms with Gasteiger partial charge in [-0.1, -0.05) is 41.0 Å². The van der Waals surface area contributed by atoms with E-state index in [1.165, 1.54) is 6.07 Å². The first kappa shape index (κ1) is 15.5. The molecule has 1 aromatic heterocycles. The molecule has 0 saturated carbocycles. The van der Waals surface area contributed by atoms with E-state index in [-0.39, 0.29) is 24.4 Å². The second kappa shape index (κ2) is 6.69. The number of oxime groups is 1. The molecule has 21 heavy (non-hydrogen) atoms. The summed E-state index contributed by atoms with van der Waals surface area (Å²) in [6.07, 6.45) is -0.0132. The Balaban J connectivity index is 2.22. The fraction of sp³-hybridized carbons (Fsp3) is 0.143. The molecule has 110 valence electrons. The van der Waals surface area contributed by atoms with Gasteiger partial charge in [-0.2, -0.15) is 0 Å². The average Bonchev–Trinajstić information content (AvgIpc) is 2.79. The summed E-state index contributed by atoms with van der Waals surface area (Å²) in [7, 11) is 0. The molecule has 0 spiro atoms. The number of thiophene rings is 1. The van der Waals surface area contributed by atoms with Crippen molar-refractivity contribution in [1.82, 2.24) is 0 Å². The van der Waals surface area contributed by atoms with Gasteiger partial charge in [-0.25, -0.2) is 4.39 Å². The maximum Gasteiger partial charge on any atom is 0.303 e. The number of hydrogen-bond acceptors (Lipinski definition) is 4. The fourth-order valence-electron chi connectivity index (χ4n) is 1.83. The van der Waals surface area contributed by atoms with E-state index in [1.54, 1.807) is 24.3 Å². The molecule has 1 heterocycles. The quantitative estimate of drug-likeness (QED) is 0.490. The molecular weight excluding hydrogens is 317 g/mol. The zero-order chi connectivity index (χ0) is 15.4. The highest BCUT2D eigenvalue weighted by molar-refractivity contribution is 7.19. The molecule has 0 aliphatic heterocycles. The second-order valence-corrected chi connectivity index (χ2v) is 5.93. The SMILES string of the molecule is O=C(O)CC/C(=N\O)c1ccc(-c2sc(Cl)cc2F)cc1. The normalized spacial score (nSPS) is 11.6. The lowest BCUT2D eigenvalue weighted by Crippen LogP contribution is -2.05. The Labute approximate surface area is 129 Å². The van der Waals surface area contributed by atoms with E-state index in [1.807, 2.05) is 0 Å². The predicted molar refractivity (Wildman–Crippen MR) is 79.9 cm³/mol. The third-order valence-corrected chi connectivity index (χ3v) is 4.12. The van der Waals surface area contributed by atoms with Gasteiger partial charge in [0.05, 0.1) is 21.3 Å². The van der Waals surface area contributed by atoms with Gasteiger partial charge in [0.25, 0.3) is 0 Å². The van der Waals surface area contributed by atoms with Gasteiger partial charge in [0, 0.05) is 12.5 Å². The van der Waals surface area contributed by atoms with Crippen LogP contribution >= 0.6 is 22.9 Å². The van der Waals surface area contributed by atoms with Crippen LogP contribution in [0.5, 0.6) is 0 Å². The van der Waals surface area contributed by atoms with Crippen molar-refractivity contribution in [3.63, 3.8) is 0 Å².